The Morgan fingerprint density at radius 2 is 2.00 bits per heavy atom. The Bertz CT molecular complexity index is 251. The van der Waals surface area contributed by atoms with E-state index in [1.54, 1.807) is 12.1 Å². The van der Waals surface area contributed by atoms with Crippen LogP contribution in [0.5, 0.6) is 0 Å². The maximum atomic E-state index is 8.78. The molecular weight excluding hydrogens is 186 g/mol. The molecule has 2 N–H and O–H groups in total. The average molecular weight is 202 g/mol. The summed E-state index contributed by atoms with van der Waals surface area (Å²) in [6, 6.07) is 5.46. The summed E-state index contributed by atoms with van der Waals surface area (Å²) in [7, 11) is 1.82. The van der Waals surface area contributed by atoms with Crippen molar-refractivity contribution in [3.8, 4) is 0 Å². The topological polar surface area (TPSA) is 32.3 Å². The molecule has 2 nitrogen and oxygen atoms in total. The van der Waals surface area contributed by atoms with Crippen LogP contribution in [-0.2, 0) is 6.61 Å². The fourth-order valence-corrected chi connectivity index (χ4v) is 1.07. The molecule has 0 atom stereocenters. The van der Waals surface area contributed by atoms with Crippen molar-refractivity contribution in [2.75, 3.05) is 12.4 Å². The van der Waals surface area contributed by atoms with Gasteiger partial charge in [0.15, 0.2) is 0 Å². The molecule has 0 saturated heterocycles. The first-order valence-electron chi connectivity index (χ1n) is 4.35. The van der Waals surface area contributed by atoms with E-state index in [0.717, 1.165) is 11.3 Å². The van der Waals surface area contributed by atoms with Crippen LogP contribution < -0.4 is 5.32 Å². The Kier molecular flexibility index (Phi) is 6.37. The molecule has 0 aliphatic heterocycles. The molecule has 0 aliphatic carbocycles. The highest BCUT2D eigenvalue weighted by molar-refractivity contribution is 6.31. The minimum atomic E-state index is -0.0111. The van der Waals surface area contributed by atoms with Crippen molar-refractivity contribution in [2.24, 2.45) is 0 Å². The zero-order valence-electron chi connectivity index (χ0n) is 8.26. The van der Waals surface area contributed by atoms with Gasteiger partial charge in [0, 0.05) is 17.8 Å². The second kappa shape index (κ2) is 6.75. The maximum absolute atomic E-state index is 8.78. The molecule has 1 rings (SSSR count). The van der Waals surface area contributed by atoms with Gasteiger partial charge in [0.1, 0.15) is 0 Å². The van der Waals surface area contributed by atoms with Gasteiger partial charge in [-0.3, -0.25) is 0 Å². The lowest BCUT2D eigenvalue weighted by Gasteiger charge is -2.03. The van der Waals surface area contributed by atoms with Gasteiger partial charge in [0.25, 0.3) is 0 Å². The minimum Gasteiger partial charge on any atom is -0.392 e. The summed E-state index contributed by atoms with van der Waals surface area (Å²) >= 11 is 5.81. The van der Waals surface area contributed by atoms with Crippen LogP contribution >= 0.6 is 11.6 Å². The average Bonchev–Trinajstić information content (AvgIpc) is 2.20. The molecule has 3 heteroatoms. The quantitative estimate of drug-likeness (QED) is 0.771. The fourth-order valence-electron chi connectivity index (χ4n) is 0.831. The molecule has 0 unspecified atom stereocenters. The van der Waals surface area contributed by atoms with Crippen molar-refractivity contribution in [3.63, 3.8) is 0 Å². The molecular formula is C10H16ClNO. The van der Waals surface area contributed by atoms with Crippen LogP contribution in [-0.4, -0.2) is 12.2 Å². The molecule has 74 valence electrons. The highest BCUT2D eigenvalue weighted by Crippen LogP contribution is 2.20. The number of rotatable bonds is 2. The molecule has 0 amide bonds. The molecule has 0 heterocycles. The predicted octanol–water partition coefficient (Wildman–Crippen LogP) is 2.90. The van der Waals surface area contributed by atoms with Crippen molar-refractivity contribution in [2.45, 2.75) is 20.5 Å². The maximum Gasteiger partial charge on any atom is 0.0696 e. The summed E-state index contributed by atoms with van der Waals surface area (Å²) < 4.78 is 0. The molecule has 1 aromatic carbocycles. The summed E-state index contributed by atoms with van der Waals surface area (Å²) in [5, 5.41) is 12.3. The summed E-state index contributed by atoms with van der Waals surface area (Å²) in [5.41, 5.74) is 1.71. The van der Waals surface area contributed by atoms with Crippen molar-refractivity contribution in [1.82, 2.24) is 0 Å². The Hall–Kier alpha value is -0.730. The SMILES string of the molecule is CC.CNc1ccc(CO)c(Cl)c1. The normalized spacial score (nSPS) is 8.69. The van der Waals surface area contributed by atoms with Crippen molar-refractivity contribution in [1.29, 1.82) is 0 Å². The van der Waals surface area contributed by atoms with E-state index in [2.05, 4.69) is 5.32 Å². The number of hydrogen-bond donors (Lipinski definition) is 2. The van der Waals surface area contributed by atoms with Crippen molar-refractivity contribution in [3.05, 3.63) is 28.8 Å². The summed E-state index contributed by atoms with van der Waals surface area (Å²) in [6.07, 6.45) is 0. The predicted molar refractivity (Wildman–Crippen MR) is 58.3 cm³/mol. The van der Waals surface area contributed by atoms with Gasteiger partial charge in [0.05, 0.1) is 6.61 Å². The van der Waals surface area contributed by atoms with E-state index in [1.807, 2.05) is 27.0 Å². The van der Waals surface area contributed by atoms with Gasteiger partial charge in [-0.2, -0.15) is 0 Å². The third kappa shape index (κ3) is 3.66. The molecule has 0 aromatic heterocycles. The first-order valence-corrected chi connectivity index (χ1v) is 4.72. The number of benzene rings is 1. The zero-order valence-corrected chi connectivity index (χ0v) is 9.02. The van der Waals surface area contributed by atoms with Crippen molar-refractivity contribution < 1.29 is 5.11 Å². The Labute approximate surface area is 84.5 Å². The third-order valence-electron chi connectivity index (χ3n) is 1.51. The van der Waals surface area contributed by atoms with Crippen LogP contribution in [0.1, 0.15) is 19.4 Å². The fraction of sp³-hybridized carbons (Fsp3) is 0.400. The number of halogens is 1. The lowest BCUT2D eigenvalue weighted by molar-refractivity contribution is 0.282. The number of hydrogen-bond acceptors (Lipinski definition) is 2. The zero-order chi connectivity index (χ0) is 10.3. The lowest BCUT2D eigenvalue weighted by Crippen LogP contribution is -1.90. The largest absolute Gasteiger partial charge is 0.392 e. The molecule has 0 saturated carbocycles. The van der Waals surface area contributed by atoms with Crippen LogP contribution in [0.3, 0.4) is 0 Å². The summed E-state index contributed by atoms with van der Waals surface area (Å²) in [4.78, 5) is 0. The van der Waals surface area contributed by atoms with Gasteiger partial charge < -0.3 is 10.4 Å². The van der Waals surface area contributed by atoms with Gasteiger partial charge in [-0.1, -0.05) is 31.5 Å². The Balaban J connectivity index is 0.000000671. The number of nitrogens with one attached hydrogen (secondary N) is 1. The smallest absolute Gasteiger partial charge is 0.0696 e. The van der Waals surface area contributed by atoms with Gasteiger partial charge in [0.2, 0.25) is 0 Å². The number of aliphatic hydroxyl groups is 1. The van der Waals surface area contributed by atoms with Gasteiger partial charge in [-0.15, -0.1) is 0 Å². The second-order valence-electron chi connectivity index (χ2n) is 2.21. The summed E-state index contributed by atoms with van der Waals surface area (Å²) in [5.74, 6) is 0. The molecule has 13 heavy (non-hydrogen) atoms. The van der Waals surface area contributed by atoms with E-state index in [1.165, 1.54) is 0 Å². The molecule has 1 aromatic rings. The Morgan fingerprint density at radius 3 is 2.38 bits per heavy atom. The second-order valence-corrected chi connectivity index (χ2v) is 2.62. The van der Waals surface area contributed by atoms with E-state index < -0.39 is 0 Å². The molecule has 0 radical (unpaired) electrons. The molecule has 0 bridgehead atoms. The lowest BCUT2D eigenvalue weighted by atomic mass is 10.2. The highest BCUT2D eigenvalue weighted by Gasteiger charge is 1.98. The first-order chi connectivity index (χ1) is 6.27. The van der Waals surface area contributed by atoms with Gasteiger partial charge in [-0.05, 0) is 17.7 Å². The first kappa shape index (κ1) is 12.3. The van der Waals surface area contributed by atoms with Gasteiger partial charge in [-0.25, -0.2) is 0 Å². The van der Waals surface area contributed by atoms with E-state index in [9.17, 15) is 0 Å². The highest BCUT2D eigenvalue weighted by atomic mass is 35.5. The van der Waals surface area contributed by atoms with Crippen LogP contribution in [0.4, 0.5) is 5.69 Å². The molecule has 0 fully saturated rings. The van der Waals surface area contributed by atoms with E-state index in [-0.39, 0.29) is 6.61 Å². The Morgan fingerprint density at radius 1 is 1.38 bits per heavy atom. The van der Waals surface area contributed by atoms with Crippen LogP contribution in [0.2, 0.25) is 5.02 Å². The monoisotopic (exact) mass is 201 g/mol. The van der Waals surface area contributed by atoms with E-state index in [0.29, 0.717) is 5.02 Å². The van der Waals surface area contributed by atoms with E-state index >= 15 is 0 Å². The summed E-state index contributed by atoms with van der Waals surface area (Å²) in [6.45, 7) is 3.99. The van der Waals surface area contributed by atoms with Crippen LogP contribution in [0.15, 0.2) is 18.2 Å². The van der Waals surface area contributed by atoms with Crippen LogP contribution in [0, 0.1) is 0 Å². The molecule has 0 spiro atoms. The number of aliphatic hydroxyl groups excluding tert-OH is 1. The van der Waals surface area contributed by atoms with E-state index in [4.69, 9.17) is 16.7 Å². The standard InChI is InChI=1S/C8H10ClNO.C2H6/c1-10-7-3-2-6(5-11)8(9)4-7;1-2/h2-4,10-11H,5H2,1H3;1-2H3. The molecule has 0 aliphatic rings. The number of anilines is 1. The van der Waals surface area contributed by atoms with Crippen LogP contribution in [0.25, 0.3) is 0 Å². The third-order valence-corrected chi connectivity index (χ3v) is 1.86. The van der Waals surface area contributed by atoms with Crippen molar-refractivity contribution >= 4 is 17.3 Å². The minimum absolute atomic E-state index is 0.0111. The van der Waals surface area contributed by atoms with Gasteiger partial charge >= 0.3 is 0 Å².